The van der Waals surface area contributed by atoms with E-state index in [4.69, 9.17) is 4.98 Å². The summed E-state index contributed by atoms with van der Waals surface area (Å²) in [7, 11) is 0. The molecule has 4 aliphatic carbocycles. The van der Waals surface area contributed by atoms with Crippen LogP contribution in [-0.2, 0) is 6.42 Å². The second-order valence-electron chi connectivity index (χ2n) is 7.84. The summed E-state index contributed by atoms with van der Waals surface area (Å²) in [4.78, 5) is 4.76. The van der Waals surface area contributed by atoms with E-state index in [-0.39, 0.29) is 0 Å². The Morgan fingerprint density at radius 3 is 2.81 bits per heavy atom. The highest BCUT2D eigenvalue weighted by Crippen LogP contribution is 2.71. The number of likely N-dealkylation sites (N-methyl/N-ethyl adjacent to an activating group) is 1. The Balaban J connectivity index is 1.43. The average molecular weight is 282 g/mol. The van der Waals surface area contributed by atoms with Gasteiger partial charge in [-0.2, -0.15) is 0 Å². The zero-order chi connectivity index (χ0) is 14.0. The minimum absolute atomic E-state index is 0.677. The van der Waals surface area contributed by atoms with Crippen LogP contribution in [0.5, 0.6) is 0 Å². The van der Waals surface area contributed by atoms with Crippen molar-refractivity contribution >= 4 is 0 Å². The molecule has 4 aliphatic rings. The van der Waals surface area contributed by atoms with Gasteiger partial charge in [0.1, 0.15) is 0 Å². The van der Waals surface area contributed by atoms with Crippen LogP contribution in [0, 0.1) is 29.6 Å². The van der Waals surface area contributed by atoms with E-state index in [9.17, 15) is 0 Å². The maximum Gasteiger partial charge on any atom is 0.0482 e. The largest absolute Gasteiger partial charge is 0.313 e. The molecule has 1 N–H and O–H groups in total. The van der Waals surface area contributed by atoms with Crippen molar-refractivity contribution in [1.82, 2.24) is 10.3 Å². The second kappa shape index (κ2) is 4.55. The van der Waals surface area contributed by atoms with Gasteiger partial charge in [0.15, 0.2) is 0 Å². The van der Waals surface area contributed by atoms with Crippen molar-refractivity contribution in [3.8, 4) is 0 Å². The molecule has 0 spiro atoms. The molecular formula is C19H26N2. The van der Waals surface area contributed by atoms with Crippen LogP contribution in [0.3, 0.4) is 0 Å². The molecule has 2 nitrogen and oxygen atoms in total. The van der Waals surface area contributed by atoms with Crippen LogP contribution >= 0.6 is 0 Å². The first-order valence-electron chi connectivity index (χ1n) is 9.05. The van der Waals surface area contributed by atoms with Crippen LogP contribution in [-0.4, -0.2) is 17.6 Å². The summed E-state index contributed by atoms with van der Waals surface area (Å²) < 4.78 is 0. The SMILES string of the molecule is CCNC(C1CCc2cccnc21)C1C2C3CCC(C3)C21. The first-order chi connectivity index (χ1) is 10.4. The van der Waals surface area contributed by atoms with Gasteiger partial charge in [-0.1, -0.05) is 13.0 Å². The quantitative estimate of drug-likeness (QED) is 0.915. The van der Waals surface area contributed by atoms with Gasteiger partial charge < -0.3 is 5.32 Å². The van der Waals surface area contributed by atoms with E-state index in [0.717, 1.165) is 36.1 Å². The molecule has 0 saturated heterocycles. The van der Waals surface area contributed by atoms with Crippen molar-refractivity contribution in [2.24, 2.45) is 29.6 Å². The maximum atomic E-state index is 4.76. The number of fused-ring (bicyclic) bond motifs is 6. The molecule has 0 radical (unpaired) electrons. The molecule has 3 saturated carbocycles. The first-order valence-corrected chi connectivity index (χ1v) is 9.05. The summed E-state index contributed by atoms with van der Waals surface area (Å²) in [5.41, 5.74) is 2.93. The fraction of sp³-hybridized carbons (Fsp3) is 0.737. The lowest BCUT2D eigenvalue weighted by Crippen LogP contribution is -2.38. The molecule has 0 aliphatic heterocycles. The molecule has 5 rings (SSSR count). The molecular weight excluding hydrogens is 256 g/mol. The fourth-order valence-electron chi connectivity index (χ4n) is 6.45. The predicted molar refractivity (Wildman–Crippen MR) is 84.1 cm³/mol. The van der Waals surface area contributed by atoms with Gasteiger partial charge in [0.25, 0.3) is 0 Å². The van der Waals surface area contributed by atoms with Crippen LogP contribution in [0.25, 0.3) is 0 Å². The standard InChI is InChI=1S/C19H26N2/c1-2-20-19(14-8-7-11-4-3-9-21-18(11)14)17-15-12-5-6-13(10-12)16(15)17/h3-4,9,12-17,19-20H,2,5-8,10H2,1H3. The van der Waals surface area contributed by atoms with Gasteiger partial charge in [0.05, 0.1) is 0 Å². The van der Waals surface area contributed by atoms with Crippen LogP contribution in [0.1, 0.15) is 49.8 Å². The lowest BCUT2D eigenvalue weighted by Gasteiger charge is -2.27. The van der Waals surface area contributed by atoms with Crippen molar-refractivity contribution in [3.63, 3.8) is 0 Å². The summed E-state index contributed by atoms with van der Waals surface area (Å²) in [6, 6.07) is 5.10. The van der Waals surface area contributed by atoms with Crippen LogP contribution < -0.4 is 5.32 Å². The molecule has 3 fully saturated rings. The van der Waals surface area contributed by atoms with E-state index in [1.165, 1.54) is 36.9 Å². The van der Waals surface area contributed by atoms with Gasteiger partial charge in [0, 0.05) is 23.9 Å². The van der Waals surface area contributed by atoms with E-state index in [2.05, 4.69) is 24.4 Å². The highest BCUT2D eigenvalue weighted by molar-refractivity contribution is 5.32. The first kappa shape index (κ1) is 12.6. The smallest absolute Gasteiger partial charge is 0.0482 e. The molecule has 0 amide bonds. The van der Waals surface area contributed by atoms with Gasteiger partial charge in [-0.05, 0) is 79.9 Å². The average Bonchev–Trinajstić information content (AvgIpc) is 2.87. The molecule has 6 atom stereocenters. The minimum atomic E-state index is 0.677. The molecule has 2 heteroatoms. The second-order valence-corrected chi connectivity index (χ2v) is 7.84. The highest BCUT2D eigenvalue weighted by atomic mass is 15.0. The van der Waals surface area contributed by atoms with Gasteiger partial charge in [0.2, 0.25) is 0 Å². The topological polar surface area (TPSA) is 24.9 Å². The number of hydrogen-bond acceptors (Lipinski definition) is 2. The normalized spacial score (nSPS) is 43.7. The Bertz CT molecular complexity index is 538. The van der Waals surface area contributed by atoms with Crippen molar-refractivity contribution < 1.29 is 0 Å². The number of nitrogens with one attached hydrogen (secondary N) is 1. The van der Waals surface area contributed by atoms with E-state index in [0.29, 0.717) is 12.0 Å². The lowest BCUT2D eigenvalue weighted by molar-refractivity contribution is 0.322. The summed E-state index contributed by atoms with van der Waals surface area (Å²) in [5.74, 6) is 5.94. The van der Waals surface area contributed by atoms with Gasteiger partial charge in [-0.25, -0.2) is 0 Å². The van der Waals surface area contributed by atoms with E-state index >= 15 is 0 Å². The Morgan fingerprint density at radius 2 is 2.05 bits per heavy atom. The number of nitrogens with zero attached hydrogens (tertiary/aromatic N) is 1. The zero-order valence-electron chi connectivity index (χ0n) is 13.0. The molecule has 0 aromatic carbocycles. The summed E-state index contributed by atoms with van der Waals surface area (Å²) in [6.45, 7) is 3.38. The van der Waals surface area contributed by atoms with Crippen molar-refractivity contribution in [1.29, 1.82) is 0 Å². The van der Waals surface area contributed by atoms with Crippen molar-refractivity contribution in [3.05, 3.63) is 29.6 Å². The van der Waals surface area contributed by atoms with Gasteiger partial charge in [-0.15, -0.1) is 0 Å². The number of rotatable bonds is 4. The fourth-order valence-corrected chi connectivity index (χ4v) is 6.45. The number of aryl methyl sites for hydroxylation is 1. The zero-order valence-corrected chi connectivity index (χ0v) is 13.0. The van der Waals surface area contributed by atoms with E-state index < -0.39 is 0 Å². The van der Waals surface area contributed by atoms with Crippen LogP contribution in [0.4, 0.5) is 0 Å². The summed E-state index contributed by atoms with van der Waals surface area (Å²) in [5, 5.41) is 3.88. The third kappa shape index (κ3) is 1.72. The van der Waals surface area contributed by atoms with E-state index in [1.54, 1.807) is 6.42 Å². The summed E-state index contributed by atoms with van der Waals surface area (Å²) in [6.07, 6.45) is 9.17. The number of pyridine rings is 1. The number of hydrogen-bond donors (Lipinski definition) is 1. The Hall–Kier alpha value is -0.890. The Morgan fingerprint density at radius 1 is 1.24 bits per heavy atom. The Kier molecular flexibility index (Phi) is 2.74. The molecule has 2 bridgehead atoms. The predicted octanol–water partition coefficient (Wildman–Crippen LogP) is 3.38. The summed E-state index contributed by atoms with van der Waals surface area (Å²) >= 11 is 0. The third-order valence-electron chi connectivity index (χ3n) is 7.08. The molecule has 1 aromatic rings. The van der Waals surface area contributed by atoms with Crippen molar-refractivity contribution in [2.45, 2.75) is 51.0 Å². The molecule has 112 valence electrons. The molecule has 6 unspecified atom stereocenters. The van der Waals surface area contributed by atoms with Gasteiger partial charge >= 0.3 is 0 Å². The van der Waals surface area contributed by atoms with Crippen molar-refractivity contribution in [2.75, 3.05) is 6.54 Å². The number of aromatic nitrogens is 1. The highest BCUT2D eigenvalue weighted by Gasteiger charge is 2.67. The third-order valence-corrected chi connectivity index (χ3v) is 7.08. The lowest BCUT2D eigenvalue weighted by atomic mass is 9.87. The minimum Gasteiger partial charge on any atom is -0.313 e. The molecule has 21 heavy (non-hydrogen) atoms. The molecule has 1 aromatic heterocycles. The monoisotopic (exact) mass is 282 g/mol. The van der Waals surface area contributed by atoms with Crippen LogP contribution in [0.15, 0.2) is 18.3 Å². The van der Waals surface area contributed by atoms with E-state index in [1.807, 2.05) is 6.20 Å². The molecule has 1 heterocycles. The maximum absolute atomic E-state index is 4.76. The Labute approximate surface area is 127 Å². The van der Waals surface area contributed by atoms with Crippen LogP contribution in [0.2, 0.25) is 0 Å². The van der Waals surface area contributed by atoms with Gasteiger partial charge in [-0.3, -0.25) is 4.98 Å².